The van der Waals surface area contributed by atoms with Crippen LogP contribution < -0.4 is 0 Å². The second-order valence-electron chi connectivity index (χ2n) is 2.54. The van der Waals surface area contributed by atoms with Crippen LogP contribution in [0.1, 0.15) is 7.43 Å². The Morgan fingerprint density at radius 1 is 1.11 bits per heavy atom. The van der Waals surface area contributed by atoms with Gasteiger partial charge in [0.05, 0.1) is 0 Å². The summed E-state index contributed by atoms with van der Waals surface area (Å²) in [6.07, 6.45) is 2.79. The minimum absolute atomic E-state index is 0. The van der Waals surface area contributed by atoms with Gasteiger partial charge in [0.1, 0.15) is 0 Å². The Morgan fingerprint density at radius 2 is 1.56 bits per heavy atom. The van der Waals surface area contributed by atoms with Crippen LogP contribution in [-0.4, -0.2) is 76.2 Å². The van der Waals surface area contributed by atoms with Crippen molar-refractivity contribution in [1.29, 1.82) is 0 Å². The molecule has 0 aromatic rings. The molecule has 1 saturated heterocycles. The molecule has 0 radical (unpaired) electrons. The number of hydrogen-bond acceptors (Lipinski definition) is 6. The van der Waals surface area contributed by atoms with Gasteiger partial charge in [-0.3, -0.25) is 0 Å². The molecule has 9 heteroatoms. The van der Waals surface area contributed by atoms with Crippen molar-refractivity contribution < 1.29 is 9.59 Å². The molecule has 1 heterocycles. The summed E-state index contributed by atoms with van der Waals surface area (Å²) in [4.78, 5) is 25.4. The molecular weight excluding hydrogens is 469 g/mol. The van der Waals surface area contributed by atoms with Gasteiger partial charge in [-0.1, -0.05) is 7.43 Å². The summed E-state index contributed by atoms with van der Waals surface area (Å²) >= 11 is 10.5. The van der Waals surface area contributed by atoms with Crippen LogP contribution >= 0.6 is 25.3 Å². The average Bonchev–Trinajstić information content (AvgIpc) is 2.29. The van der Waals surface area contributed by atoms with E-state index in [2.05, 4.69) is 35.2 Å². The van der Waals surface area contributed by atoms with Crippen molar-refractivity contribution in [2.75, 3.05) is 10.9 Å². The van der Waals surface area contributed by atoms with Crippen LogP contribution in [0.2, 0.25) is 10.6 Å². The number of aliphatic imine (C=N–C) groups is 2. The van der Waals surface area contributed by atoms with Gasteiger partial charge in [0, 0.05) is 0 Å². The van der Waals surface area contributed by atoms with Crippen molar-refractivity contribution in [3.8, 4) is 0 Å². The van der Waals surface area contributed by atoms with Crippen molar-refractivity contribution in [2.24, 2.45) is 9.98 Å². The summed E-state index contributed by atoms with van der Waals surface area (Å²) < 4.78 is 1.44. The van der Waals surface area contributed by atoms with Crippen molar-refractivity contribution in [3.63, 3.8) is 0 Å². The third-order valence-electron chi connectivity index (χ3n) is 1.28. The molecule has 0 bridgehead atoms. The zero-order valence-electron chi connectivity index (χ0n) is 8.81. The topological polar surface area (TPSA) is 58.9 Å². The van der Waals surface area contributed by atoms with Crippen molar-refractivity contribution in [3.05, 3.63) is 0 Å². The van der Waals surface area contributed by atoms with E-state index in [0.717, 1.165) is 23.3 Å². The molecule has 0 N–H and O–H groups in total. The van der Waals surface area contributed by atoms with E-state index in [4.69, 9.17) is 0 Å². The number of hydrogen-bond donors (Lipinski definition) is 2. The van der Waals surface area contributed by atoms with Gasteiger partial charge in [0.15, 0.2) is 0 Å². The van der Waals surface area contributed by atoms with Gasteiger partial charge in [0.2, 0.25) is 0 Å². The SMILES string of the molecule is C.O=C=NC[Se]CN=C=O.SC1C[Se]CC(S)[Se]1. The van der Waals surface area contributed by atoms with Crippen LogP contribution in [0.5, 0.6) is 0 Å². The monoisotopic (exact) mass is 488 g/mol. The second-order valence-corrected chi connectivity index (χ2v) is 12.5. The first-order chi connectivity index (χ1) is 8.20. The molecule has 1 aliphatic heterocycles. The van der Waals surface area contributed by atoms with Crippen LogP contribution in [0.3, 0.4) is 0 Å². The summed E-state index contributed by atoms with van der Waals surface area (Å²) in [7, 11) is 0. The Kier molecular flexibility index (Phi) is 19.0. The molecule has 0 amide bonds. The maximum absolute atomic E-state index is 9.45. The fourth-order valence-electron chi connectivity index (χ4n) is 0.714. The Morgan fingerprint density at radius 3 is 1.83 bits per heavy atom. The number of carbonyl (C=O) groups excluding carboxylic acids is 2. The minimum atomic E-state index is 0. The van der Waals surface area contributed by atoms with E-state index in [1.165, 1.54) is 22.8 Å². The van der Waals surface area contributed by atoms with E-state index in [9.17, 15) is 9.59 Å². The molecule has 2 unspecified atom stereocenters. The molecule has 18 heavy (non-hydrogen) atoms. The fourth-order valence-corrected chi connectivity index (χ4v) is 10.6. The zero-order valence-corrected chi connectivity index (χ0v) is 15.7. The molecule has 104 valence electrons. The fraction of sp³-hybridized carbons (Fsp3) is 0.778. The third-order valence-corrected chi connectivity index (χ3v) is 11.9. The van der Waals surface area contributed by atoms with E-state index in [0.29, 0.717) is 25.8 Å². The van der Waals surface area contributed by atoms with Crippen LogP contribution in [0, 0.1) is 0 Å². The first kappa shape index (κ1) is 21.3. The second kappa shape index (κ2) is 16.1. The van der Waals surface area contributed by atoms with Gasteiger partial charge >= 0.3 is 132 Å². The van der Waals surface area contributed by atoms with E-state index >= 15 is 0 Å². The normalized spacial score (nSPS) is 21.2. The number of nitrogens with zero attached hydrogens (tertiary/aromatic N) is 2. The van der Waals surface area contributed by atoms with Gasteiger partial charge in [-0.25, -0.2) is 0 Å². The molecule has 2 atom stereocenters. The van der Waals surface area contributed by atoms with Gasteiger partial charge in [0.25, 0.3) is 0 Å². The Labute approximate surface area is 138 Å². The van der Waals surface area contributed by atoms with Crippen LogP contribution in [-0.2, 0) is 9.59 Å². The molecule has 0 saturated carbocycles. The van der Waals surface area contributed by atoms with Crippen LogP contribution in [0.4, 0.5) is 0 Å². The summed E-state index contributed by atoms with van der Waals surface area (Å²) in [5, 5.41) is 2.76. The van der Waals surface area contributed by atoms with Gasteiger partial charge in [-0.05, 0) is 0 Å². The first-order valence-electron chi connectivity index (χ1n) is 4.45. The molecule has 0 aromatic heterocycles. The maximum atomic E-state index is 9.45. The Balaban J connectivity index is 0. The number of isocyanates is 2. The third kappa shape index (κ3) is 15.1. The van der Waals surface area contributed by atoms with Gasteiger partial charge in [-0.2, -0.15) is 0 Å². The van der Waals surface area contributed by atoms with Gasteiger partial charge in [-0.15, -0.1) is 0 Å². The molecule has 4 nitrogen and oxygen atoms in total. The molecular formula is C9H16N2O2S2Se3. The predicted octanol–water partition coefficient (Wildman–Crippen LogP) is 0.670. The van der Waals surface area contributed by atoms with Crippen LogP contribution in [0.25, 0.3) is 0 Å². The van der Waals surface area contributed by atoms with Crippen molar-refractivity contribution in [2.45, 2.75) is 26.4 Å². The van der Waals surface area contributed by atoms with E-state index in [1.807, 2.05) is 0 Å². The summed E-state index contributed by atoms with van der Waals surface area (Å²) in [6, 6.07) is 0. The van der Waals surface area contributed by atoms with Crippen molar-refractivity contribution in [1.82, 2.24) is 0 Å². The molecule has 1 rings (SSSR count). The first-order valence-corrected chi connectivity index (χ1v) is 12.3. The number of thiol groups is 2. The number of rotatable bonds is 4. The summed E-state index contributed by atoms with van der Waals surface area (Å²) in [5.41, 5.74) is 0.892. The van der Waals surface area contributed by atoms with Crippen molar-refractivity contribution >= 4 is 82.3 Å². The average molecular weight is 485 g/mol. The van der Waals surface area contributed by atoms with E-state index in [1.54, 1.807) is 0 Å². The van der Waals surface area contributed by atoms with Crippen LogP contribution in [0.15, 0.2) is 9.98 Å². The van der Waals surface area contributed by atoms with E-state index in [-0.39, 0.29) is 22.4 Å². The molecule has 0 spiro atoms. The molecule has 0 aliphatic carbocycles. The Bertz CT molecular complexity index is 272. The molecule has 1 aliphatic rings. The quantitative estimate of drug-likeness (QED) is 0.202. The molecule has 0 aromatic carbocycles. The zero-order chi connectivity index (χ0) is 12.9. The standard InChI is InChI=1S/C4H4N2O2Se.C4H8S2Se2.CH4/c7-1-5-3-9-4-6-2-8;5-3-1-7-2-4(6)8-3;/h3-4H2;3-6H,1-2H2;1H4. The summed E-state index contributed by atoms with van der Waals surface area (Å²) in [6.45, 7) is 0. The van der Waals surface area contributed by atoms with Gasteiger partial charge < -0.3 is 0 Å². The Hall–Kier alpha value is 1.02. The predicted molar refractivity (Wildman–Crippen MR) is 85.1 cm³/mol. The summed E-state index contributed by atoms with van der Waals surface area (Å²) in [5.74, 6) is 0. The molecule has 1 fully saturated rings. The van der Waals surface area contributed by atoms with E-state index < -0.39 is 0 Å².